The van der Waals surface area contributed by atoms with E-state index in [-0.39, 0.29) is 29.5 Å². The molecule has 6 aromatic heterocycles. The molecule has 0 aliphatic rings. The van der Waals surface area contributed by atoms with E-state index in [0.717, 1.165) is 6.21 Å². The summed E-state index contributed by atoms with van der Waals surface area (Å²) >= 11 is 0.793. The third-order valence-electron chi connectivity index (χ3n) is 9.08. The predicted octanol–water partition coefficient (Wildman–Crippen LogP) is 10.9. The van der Waals surface area contributed by atoms with Crippen molar-refractivity contribution < 1.29 is 33.2 Å². The van der Waals surface area contributed by atoms with Crippen molar-refractivity contribution in [3.8, 4) is 22.8 Å². The van der Waals surface area contributed by atoms with Gasteiger partial charge in [-0.15, -0.1) is 12.4 Å². The molecule has 63 heavy (non-hydrogen) atoms. The number of nitrogens with zero attached hydrogens (tertiary/aromatic N) is 7. The molecule has 0 fully saturated rings. The summed E-state index contributed by atoms with van der Waals surface area (Å²) in [5.74, 6) is 1.74. The molecule has 4 N–H and O–H groups in total. The van der Waals surface area contributed by atoms with E-state index in [4.69, 9.17) is 15.4 Å². The van der Waals surface area contributed by atoms with Crippen LogP contribution in [0.4, 0.5) is 13.2 Å². The molecule has 0 bridgehead atoms. The maximum atomic E-state index is 13.2. The van der Waals surface area contributed by atoms with E-state index in [1.54, 1.807) is 46.4 Å². The van der Waals surface area contributed by atoms with Gasteiger partial charge in [-0.2, -0.15) is 0 Å². The first-order chi connectivity index (χ1) is 30.1. The van der Waals surface area contributed by atoms with Crippen LogP contribution in [-0.4, -0.2) is 77.5 Å². The van der Waals surface area contributed by atoms with Crippen molar-refractivity contribution in [2.24, 2.45) is 11.1 Å². The SMILES string of the molecule is CCC[CH2][Sn]([CH2]CCC)([CH2]CCC)[c]1ccccn1.Cl.NO.O/N=C/c1nc(-c2ccccn2)ccc1F.O=Cc1nc(-c2ccccn2)ccc1F.O=Cc1nc(Br)ccc1F. The number of hydrogen-bond acceptors (Lipinski definition) is 12. The number of oxime groups is 1. The first-order valence-electron chi connectivity index (χ1n) is 19.9. The van der Waals surface area contributed by atoms with Crippen molar-refractivity contribution in [2.75, 3.05) is 0 Å². The van der Waals surface area contributed by atoms with Crippen LogP contribution in [0.1, 0.15) is 86.0 Å². The van der Waals surface area contributed by atoms with E-state index in [1.165, 1.54) is 88.2 Å². The summed E-state index contributed by atoms with van der Waals surface area (Å²) in [4.78, 5) is 44.9. The van der Waals surface area contributed by atoms with Crippen molar-refractivity contribution in [1.29, 1.82) is 0 Å². The van der Waals surface area contributed by atoms with Gasteiger partial charge in [0.2, 0.25) is 0 Å². The third-order valence-corrected chi connectivity index (χ3v) is 24.7. The Morgan fingerprint density at radius 1 is 0.587 bits per heavy atom. The fraction of sp³-hybridized carbons (Fsp3) is 0.267. The summed E-state index contributed by atoms with van der Waals surface area (Å²) in [6, 6.07) is 25.4. The van der Waals surface area contributed by atoms with Gasteiger partial charge in [0, 0.05) is 12.4 Å². The van der Waals surface area contributed by atoms with Crippen LogP contribution < -0.4 is 9.61 Å². The number of halogens is 5. The normalized spacial score (nSPS) is 10.2. The van der Waals surface area contributed by atoms with Crippen molar-refractivity contribution in [1.82, 2.24) is 29.9 Å². The van der Waals surface area contributed by atoms with Crippen LogP contribution in [0.5, 0.6) is 0 Å². The second-order valence-corrected chi connectivity index (χ2v) is 27.2. The zero-order chi connectivity index (χ0) is 45.6. The van der Waals surface area contributed by atoms with Crippen LogP contribution in [0.25, 0.3) is 22.8 Å². The summed E-state index contributed by atoms with van der Waals surface area (Å²) in [5, 5.41) is 17.6. The van der Waals surface area contributed by atoms with Crippen molar-refractivity contribution in [3.63, 3.8) is 0 Å². The smallest absolute Gasteiger partial charge is 0.171 e. The summed E-state index contributed by atoms with van der Waals surface area (Å²) < 4.78 is 45.2. The number of rotatable bonds is 15. The standard InChI is InChI=1S/C11H8FN3O.C11H7FN2O.C6H3BrFNO.C5H4N.3C4H9.ClH.H3NO.Sn/c12-8-4-5-10(15-11(8)7-14-16)9-3-1-2-6-13-9;12-8-4-5-10(14-11(8)7-15)9-3-1-2-6-13-9;7-6-2-1-4(8)5(3-10)9-6;1-2-4-6-5-3-1;3*1-3-4-2;;1-2;/h1-7,16H;1-7H;1-3H;1-4H;3*1,3-4H2,2H3;1H;2H,1H2;/b14-7+;;;;;;;;;. The molecule has 0 atom stereocenters. The molecule has 6 rings (SSSR count). The van der Waals surface area contributed by atoms with Crippen LogP contribution in [0.15, 0.2) is 119 Å². The molecule has 12 nitrogen and oxygen atoms in total. The van der Waals surface area contributed by atoms with Gasteiger partial charge in [0.1, 0.15) is 21.7 Å². The number of carbonyl (C=O) groups is 2. The Hall–Kier alpha value is -5.01. The molecular weight excluding hydrogens is 1010 g/mol. The van der Waals surface area contributed by atoms with E-state index in [0.29, 0.717) is 40.0 Å². The van der Waals surface area contributed by atoms with Gasteiger partial charge in [-0.3, -0.25) is 19.6 Å². The molecule has 18 heteroatoms. The number of hydrogen-bond donors (Lipinski definition) is 3. The molecule has 6 aromatic rings. The van der Waals surface area contributed by atoms with E-state index in [1.807, 2.05) is 12.3 Å². The summed E-state index contributed by atoms with van der Waals surface area (Å²) in [7, 11) is 0. The maximum Gasteiger partial charge on any atom is 0.171 e. The van der Waals surface area contributed by atoms with Gasteiger partial charge in [-0.25, -0.2) is 34.0 Å². The molecule has 0 aliphatic heterocycles. The molecule has 0 saturated carbocycles. The van der Waals surface area contributed by atoms with E-state index < -0.39 is 35.8 Å². The maximum absolute atomic E-state index is 13.2. The Morgan fingerprint density at radius 3 is 1.38 bits per heavy atom. The zero-order valence-electron chi connectivity index (χ0n) is 35.3. The topological polar surface area (TPSA) is 190 Å². The van der Waals surface area contributed by atoms with Crippen LogP contribution in [0.3, 0.4) is 0 Å². The molecule has 0 radical (unpaired) electrons. The van der Waals surface area contributed by atoms with Crippen molar-refractivity contribution in [3.05, 3.63) is 149 Å². The van der Waals surface area contributed by atoms with Crippen LogP contribution in [-0.2, 0) is 0 Å². The Balaban J connectivity index is 0.000000420. The average molecular weight is 1060 g/mol. The molecule has 0 spiro atoms. The van der Waals surface area contributed by atoms with Gasteiger partial charge >= 0.3 is 124 Å². The minimum atomic E-state index is -2.21. The van der Waals surface area contributed by atoms with E-state index in [2.05, 4.69) is 90.9 Å². The summed E-state index contributed by atoms with van der Waals surface area (Å²) in [6.07, 6.45) is 15.2. The predicted molar refractivity (Wildman–Crippen MR) is 249 cm³/mol. The van der Waals surface area contributed by atoms with Gasteiger partial charge in [-0.1, -0.05) is 17.3 Å². The van der Waals surface area contributed by atoms with Gasteiger partial charge in [0.25, 0.3) is 0 Å². The van der Waals surface area contributed by atoms with Gasteiger partial charge in [0.05, 0.1) is 29.0 Å². The molecule has 6 heterocycles. The number of unbranched alkanes of at least 4 members (excludes halogenated alkanes) is 3. The number of nitrogens with two attached hydrogens (primary N) is 1. The van der Waals surface area contributed by atoms with E-state index in [9.17, 15) is 22.8 Å². The molecular formula is C45H53BrClF3N8O4Sn. The van der Waals surface area contributed by atoms with Crippen LogP contribution in [0.2, 0.25) is 13.3 Å². The molecule has 0 aliphatic carbocycles. The molecule has 0 amide bonds. The molecule has 336 valence electrons. The minimum Gasteiger partial charge on any atom is -0.411 e. The number of pyridine rings is 6. The average Bonchev–Trinajstić information content (AvgIpc) is 3.33. The van der Waals surface area contributed by atoms with E-state index >= 15 is 0 Å². The number of aldehydes is 2. The monoisotopic (exact) mass is 1060 g/mol. The van der Waals surface area contributed by atoms with Crippen molar-refractivity contribution in [2.45, 2.75) is 72.6 Å². The van der Waals surface area contributed by atoms with Gasteiger partial charge in [-0.05, 0) is 76.6 Å². The first kappa shape index (κ1) is 56.0. The fourth-order valence-electron chi connectivity index (χ4n) is 5.95. The Kier molecular flexibility index (Phi) is 29.0. The van der Waals surface area contributed by atoms with Gasteiger partial charge < -0.3 is 10.4 Å². The van der Waals surface area contributed by atoms with Crippen molar-refractivity contribution >= 4 is 69.2 Å². The Bertz CT molecular complexity index is 2200. The summed E-state index contributed by atoms with van der Waals surface area (Å²) in [6.45, 7) is 6.98. The van der Waals surface area contributed by atoms with Gasteiger partial charge in [0.15, 0.2) is 30.0 Å². The number of aromatic nitrogens is 6. The fourth-order valence-corrected chi connectivity index (χ4v) is 21.7. The second-order valence-electron chi connectivity index (χ2n) is 13.3. The molecule has 0 aromatic carbocycles. The zero-order valence-corrected chi connectivity index (χ0v) is 40.6. The molecule has 0 saturated heterocycles. The first-order valence-corrected chi connectivity index (χ1v) is 28.2. The Morgan fingerprint density at radius 2 is 1.00 bits per heavy atom. The van der Waals surface area contributed by atoms with Crippen LogP contribution >= 0.6 is 28.3 Å². The largest absolute Gasteiger partial charge is 0.411 e. The summed E-state index contributed by atoms with van der Waals surface area (Å²) in [5.41, 5.74) is 1.87. The molecule has 0 unspecified atom stereocenters. The number of carbonyl (C=O) groups excluding carboxylic acids is 2. The quantitative estimate of drug-likeness (QED) is 0.0222. The Labute approximate surface area is 385 Å². The van der Waals surface area contributed by atoms with Crippen LogP contribution in [0, 0.1) is 17.5 Å². The third kappa shape index (κ3) is 19.5. The second kappa shape index (κ2) is 32.6. The minimum absolute atomic E-state index is 0.